The first-order chi connectivity index (χ1) is 10.8. The van der Waals surface area contributed by atoms with Crippen molar-refractivity contribution in [1.82, 2.24) is 5.32 Å². The van der Waals surface area contributed by atoms with E-state index in [2.05, 4.69) is 5.32 Å². The van der Waals surface area contributed by atoms with Crippen molar-refractivity contribution >= 4 is 17.5 Å². The van der Waals surface area contributed by atoms with Crippen molar-refractivity contribution in [2.75, 3.05) is 18.0 Å². The predicted molar refractivity (Wildman–Crippen MR) is 77.8 cm³/mol. The van der Waals surface area contributed by atoms with E-state index in [4.69, 9.17) is 0 Å². The minimum Gasteiger partial charge on any atom is -0.356 e. The Hall–Kier alpha value is -2.05. The number of amides is 2. The highest BCUT2D eigenvalue weighted by Gasteiger charge is 2.49. The van der Waals surface area contributed by atoms with E-state index in [9.17, 15) is 22.8 Å². The number of alkyl halides is 3. The molecule has 3 rings (SSSR count). The van der Waals surface area contributed by atoms with Gasteiger partial charge >= 0.3 is 6.18 Å². The molecule has 23 heavy (non-hydrogen) atoms. The first kappa shape index (κ1) is 15.8. The maximum atomic E-state index is 12.7. The van der Waals surface area contributed by atoms with E-state index in [1.807, 2.05) is 0 Å². The highest BCUT2D eigenvalue weighted by Crippen LogP contribution is 2.42. The van der Waals surface area contributed by atoms with E-state index < -0.39 is 18.0 Å². The predicted octanol–water partition coefficient (Wildman–Crippen LogP) is 2.42. The maximum Gasteiger partial charge on any atom is 0.393 e. The number of nitrogens with one attached hydrogen (secondary N) is 1. The van der Waals surface area contributed by atoms with Gasteiger partial charge < -0.3 is 10.2 Å². The molecule has 1 unspecified atom stereocenters. The van der Waals surface area contributed by atoms with Crippen molar-refractivity contribution in [2.45, 2.75) is 31.9 Å². The molecule has 124 valence electrons. The smallest absolute Gasteiger partial charge is 0.356 e. The summed E-state index contributed by atoms with van der Waals surface area (Å²) in [5.74, 6) is -0.220. The molecule has 0 saturated carbocycles. The molecule has 2 saturated heterocycles. The minimum atomic E-state index is -4.25. The van der Waals surface area contributed by atoms with E-state index in [1.165, 1.54) is 12.1 Å². The number of rotatable bonds is 2. The van der Waals surface area contributed by atoms with Crippen molar-refractivity contribution in [3.05, 3.63) is 29.8 Å². The van der Waals surface area contributed by atoms with Crippen LogP contribution in [0.4, 0.5) is 18.9 Å². The van der Waals surface area contributed by atoms with Crippen molar-refractivity contribution < 1.29 is 22.8 Å². The lowest BCUT2D eigenvalue weighted by atomic mass is 9.77. The summed E-state index contributed by atoms with van der Waals surface area (Å²) in [4.78, 5) is 25.9. The highest BCUT2D eigenvalue weighted by atomic mass is 19.4. The van der Waals surface area contributed by atoms with Gasteiger partial charge in [0, 0.05) is 25.2 Å². The Morgan fingerprint density at radius 1 is 1.13 bits per heavy atom. The van der Waals surface area contributed by atoms with Crippen LogP contribution < -0.4 is 10.2 Å². The van der Waals surface area contributed by atoms with E-state index in [1.54, 1.807) is 17.0 Å². The van der Waals surface area contributed by atoms with Crippen LogP contribution in [-0.4, -0.2) is 31.1 Å². The van der Waals surface area contributed by atoms with E-state index in [0.29, 0.717) is 31.6 Å². The largest absolute Gasteiger partial charge is 0.393 e. The first-order valence-corrected chi connectivity index (χ1v) is 7.53. The molecular formula is C16H17F3N2O2. The normalized spacial score (nSPS) is 25.1. The lowest BCUT2D eigenvalue weighted by Gasteiger charge is -2.31. The zero-order valence-corrected chi connectivity index (χ0v) is 12.4. The Morgan fingerprint density at radius 2 is 1.83 bits per heavy atom. The number of halogens is 3. The molecule has 4 nitrogen and oxygen atoms in total. The minimum absolute atomic E-state index is 0.101. The Kier molecular flexibility index (Phi) is 3.82. The number of carbonyl (C=O) groups is 2. The molecular weight excluding hydrogens is 309 g/mol. The van der Waals surface area contributed by atoms with Crippen LogP contribution in [0.3, 0.4) is 0 Å². The summed E-state index contributed by atoms with van der Waals surface area (Å²) in [5, 5.41) is 2.72. The fraction of sp³-hybridized carbons (Fsp3) is 0.500. The molecule has 1 N–H and O–H groups in total. The molecule has 1 atom stereocenters. The standard InChI is InChI=1S/C16H17F3N2O2/c17-16(18,19)9-11-1-3-12(4-2-11)21-8-6-15(14(21)23)5-7-20-13(22)10-15/h1-4H,5-10H2,(H,20,22). The number of anilines is 1. The summed E-state index contributed by atoms with van der Waals surface area (Å²) in [6.45, 7) is 0.980. The van der Waals surface area contributed by atoms with Gasteiger partial charge in [-0.3, -0.25) is 9.59 Å². The lowest BCUT2D eigenvalue weighted by Crippen LogP contribution is -2.45. The van der Waals surface area contributed by atoms with Crippen LogP contribution >= 0.6 is 0 Å². The van der Waals surface area contributed by atoms with Gasteiger partial charge in [0.05, 0.1) is 11.8 Å². The Morgan fingerprint density at radius 3 is 2.43 bits per heavy atom. The molecule has 0 bridgehead atoms. The molecule has 2 aliphatic heterocycles. The number of nitrogens with zero attached hydrogens (tertiary/aromatic N) is 1. The van der Waals surface area contributed by atoms with Crippen LogP contribution in [0.15, 0.2) is 24.3 Å². The van der Waals surface area contributed by atoms with Gasteiger partial charge in [-0.1, -0.05) is 12.1 Å². The summed E-state index contributed by atoms with van der Waals surface area (Å²) < 4.78 is 37.1. The van der Waals surface area contributed by atoms with Crippen LogP contribution in [0, 0.1) is 5.41 Å². The summed E-state index contributed by atoms with van der Waals surface area (Å²) in [6, 6.07) is 5.88. The molecule has 2 amide bonds. The van der Waals surface area contributed by atoms with Gasteiger partial charge in [-0.2, -0.15) is 13.2 Å². The van der Waals surface area contributed by atoms with E-state index in [0.717, 1.165) is 0 Å². The fourth-order valence-corrected chi connectivity index (χ4v) is 3.39. The van der Waals surface area contributed by atoms with E-state index in [-0.39, 0.29) is 23.8 Å². The lowest BCUT2D eigenvalue weighted by molar-refractivity contribution is -0.135. The van der Waals surface area contributed by atoms with Crippen molar-refractivity contribution in [2.24, 2.45) is 5.41 Å². The second kappa shape index (κ2) is 5.54. The van der Waals surface area contributed by atoms with Crippen molar-refractivity contribution in [3.63, 3.8) is 0 Å². The summed E-state index contributed by atoms with van der Waals surface area (Å²) in [6.07, 6.45) is -3.83. The Balaban J connectivity index is 1.75. The highest BCUT2D eigenvalue weighted by molar-refractivity contribution is 6.02. The molecule has 0 aliphatic carbocycles. The molecule has 0 radical (unpaired) electrons. The third-order valence-corrected chi connectivity index (χ3v) is 4.59. The second-order valence-corrected chi connectivity index (χ2v) is 6.22. The molecule has 2 aliphatic rings. The number of hydrogen-bond donors (Lipinski definition) is 1. The Bertz CT molecular complexity index is 627. The van der Waals surface area contributed by atoms with Crippen molar-refractivity contribution in [1.29, 1.82) is 0 Å². The Labute approximate surface area is 131 Å². The number of hydrogen-bond acceptors (Lipinski definition) is 2. The van der Waals surface area contributed by atoms with Crippen LogP contribution in [-0.2, 0) is 16.0 Å². The van der Waals surface area contributed by atoms with Crippen LogP contribution in [0.25, 0.3) is 0 Å². The van der Waals surface area contributed by atoms with Gasteiger partial charge in [0.25, 0.3) is 0 Å². The average molecular weight is 326 g/mol. The molecule has 2 heterocycles. The summed E-state index contributed by atoms with van der Waals surface area (Å²) in [7, 11) is 0. The maximum absolute atomic E-state index is 12.7. The quantitative estimate of drug-likeness (QED) is 0.907. The summed E-state index contributed by atoms with van der Waals surface area (Å²) in [5.41, 5.74) is 0.107. The number of piperidine rings is 1. The zero-order chi connectivity index (χ0) is 16.7. The van der Waals surface area contributed by atoms with Crippen molar-refractivity contribution in [3.8, 4) is 0 Å². The van der Waals surface area contributed by atoms with Gasteiger partial charge in [0.1, 0.15) is 0 Å². The number of carbonyl (C=O) groups excluding carboxylic acids is 2. The monoisotopic (exact) mass is 326 g/mol. The topological polar surface area (TPSA) is 49.4 Å². The molecule has 1 aromatic carbocycles. The average Bonchev–Trinajstić information content (AvgIpc) is 2.75. The molecule has 1 spiro atoms. The van der Waals surface area contributed by atoms with Crippen LogP contribution in [0.5, 0.6) is 0 Å². The van der Waals surface area contributed by atoms with E-state index >= 15 is 0 Å². The zero-order valence-electron chi connectivity index (χ0n) is 12.4. The van der Waals surface area contributed by atoms with Crippen LogP contribution in [0.2, 0.25) is 0 Å². The fourth-order valence-electron chi connectivity index (χ4n) is 3.39. The van der Waals surface area contributed by atoms with Gasteiger partial charge in [0.15, 0.2) is 0 Å². The second-order valence-electron chi connectivity index (χ2n) is 6.22. The van der Waals surface area contributed by atoms with Gasteiger partial charge in [-0.15, -0.1) is 0 Å². The summed E-state index contributed by atoms with van der Waals surface area (Å²) >= 11 is 0. The molecule has 7 heteroatoms. The number of benzene rings is 1. The van der Waals surface area contributed by atoms with Gasteiger partial charge in [-0.05, 0) is 30.5 Å². The third-order valence-electron chi connectivity index (χ3n) is 4.59. The van der Waals surface area contributed by atoms with Crippen LogP contribution in [0.1, 0.15) is 24.8 Å². The third kappa shape index (κ3) is 3.18. The first-order valence-electron chi connectivity index (χ1n) is 7.53. The molecule has 2 fully saturated rings. The molecule has 0 aromatic heterocycles. The van der Waals surface area contributed by atoms with Gasteiger partial charge in [0.2, 0.25) is 11.8 Å². The van der Waals surface area contributed by atoms with Gasteiger partial charge in [-0.25, -0.2) is 0 Å². The SMILES string of the molecule is O=C1CC2(CCN1)CCN(c1ccc(CC(F)(F)F)cc1)C2=O. The molecule has 1 aromatic rings.